The Morgan fingerprint density at radius 1 is 0.231 bits per heavy atom. The van der Waals surface area contributed by atoms with Gasteiger partial charge in [-0.2, -0.15) is 0 Å². The molecule has 23 rings (SSSR count). The van der Waals surface area contributed by atoms with Crippen molar-refractivity contribution in [1.29, 1.82) is 0 Å². The van der Waals surface area contributed by atoms with E-state index in [9.17, 15) is 4.39 Å². The van der Waals surface area contributed by atoms with E-state index in [2.05, 4.69) is 325 Å². The lowest BCUT2D eigenvalue weighted by Gasteiger charge is -2.32. The maximum atomic E-state index is 17.3. The quantitative estimate of drug-likeness (QED) is 0.130. The molecule has 3 nitrogen and oxygen atoms in total. The molecule has 3 aliphatic carbocycles. The minimum Gasteiger partial charge on any atom is -0.353 e. The number of rotatable bonds is 11. The molecular formula is C113H80Br2F3N3. The molecule has 8 heteroatoms. The van der Waals surface area contributed by atoms with Crippen LogP contribution in [0.5, 0.6) is 0 Å². The Bertz CT molecular complexity index is 7190. The Morgan fingerprint density at radius 3 is 0.959 bits per heavy atom. The summed E-state index contributed by atoms with van der Waals surface area (Å²) in [5.41, 5.74) is 25.5. The molecule has 0 radical (unpaired) electrons. The molecule has 0 aliphatic heterocycles. The van der Waals surface area contributed by atoms with Gasteiger partial charge in [0.05, 0.1) is 39.8 Å². The van der Waals surface area contributed by atoms with Crippen molar-refractivity contribution in [2.24, 2.45) is 0 Å². The van der Waals surface area contributed by atoms with Gasteiger partial charge in [0.25, 0.3) is 0 Å². The number of nitrogens with one attached hydrogen (secondary N) is 1. The highest BCUT2D eigenvalue weighted by atomic mass is 79.9. The molecule has 0 saturated heterocycles. The molecule has 1 N–H and O–H groups in total. The third kappa shape index (κ3) is 12.3. The van der Waals surface area contributed by atoms with E-state index in [-0.39, 0.29) is 33.7 Å². The number of benzene rings is 20. The summed E-state index contributed by atoms with van der Waals surface area (Å²) in [5.74, 6) is -0.902. The first-order chi connectivity index (χ1) is 58.9. The average Bonchev–Trinajstić information content (AvgIpc) is 1.51. The van der Waals surface area contributed by atoms with Gasteiger partial charge in [0, 0.05) is 58.3 Å². The van der Waals surface area contributed by atoms with E-state index in [0.29, 0.717) is 17.1 Å². The second-order valence-electron chi connectivity index (χ2n) is 33.7. The molecule has 121 heavy (non-hydrogen) atoms. The Kier molecular flexibility index (Phi) is 18.2. The topological polar surface area (TPSA) is 18.5 Å². The van der Waals surface area contributed by atoms with Crippen LogP contribution in [-0.2, 0) is 16.2 Å². The van der Waals surface area contributed by atoms with Crippen molar-refractivity contribution in [1.82, 2.24) is 0 Å². The van der Waals surface area contributed by atoms with Crippen LogP contribution in [0.1, 0.15) is 74.9 Å². The second kappa shape index (κ2) is 29.3. The summed E-state index contributed by atoms with van der Waals surface area (Å²) < 4.78 is 51.6. The van der Waals surface area contributed by atoms with Crippen LogP contribution in [0, 0.1) is 17.5 Å². The first-order valence-electron chi connectivity index (χ1n) is 41.2. The van der Waals surface area contributed by atoms with Gasteiger partial charge in [-0.3, -0.25) is 0 Å². The van der Waals surface area contributed by atoms with Gasteiger partial charge in [-0.25, -0.2) is 13.2 Å². The normalized spacial score (nSPS) is 13.4. The van der Waals surface area contributed by atoms with Crippen molar-refractivity contribution in [3.05, 3.63) is 430 Å². The molecule has 0 saturated carbocycles. The van der Waals surface area contributed by atoms with Crippen LogP contribution in [0.3, 0.4) is 0 Å². The summed E-state index contributed by atoms with van der Waals surface area (Å²) in [7, 11) is 0. The molecule has 0 heterocycles. The van der Waals surface area contributed by atoms with E-state index in [1.807, 2.05) is 115 Å². The van der Waals surface area contributed by atoms with Gasteiger partial charge < -0.3 is 15.1 Å². The summed E-state index contributed by atoms with van der Waals surface area (Å²) >= 11 is 7.30. The maximum Gasteiger partial charge on any atom is 0.147 e. The molecule has 582 valence electrons. The van der Waals surface area contributed by atoms with Crippen LogP contribution >= 0.6 is 31.9 Å². The number of fused-ring (bicyclic) bond motifs is 9. The third-order valence-corrected chi connectivity index (χ3v) is 27.2. The molecule has 3 aliphatic rings. The van der Waals surface area contributed by atoms with Crippen LogP contribution in [-0.4, -0.2) is 0 Å². The zero-order valence-corrected chi connectivity index (χ0v) is 70.7. The minimum absolute atomic E-state index is 0.0753. The Hall–Kier alpha value is -13.4. The Morgan fingerprint density at radius 2 is 0.545 bits per heavy atom. The van der Waals surface area contributed by atoms with Crippen LogP contribution in [0.25, 0.3) is 131 Å². The third-order valence-electron chi connectivity index (χ3n) is 25.9. The van der Waals surface area contributed by atoms with E-state index in [4.69, 9.17) is 0 Å². The molecule has 0 atom stereocenters. The van der Waals surface area contributed by atoms with Gasteiger partial charge in [-0.15, -0.1) is 0 Å². The van der Waals surface area contributed by atoms with Crippen LogP contribution < -0.4 is 15.1 Å². The summed E-state index contributed by atoms with van der Waals surface area (Å²) in [5, 5.41) is 17.4. The van der Waals surface area contributed by atoms with Crippen molar-refractivity contribution in [2.75, 3.05) is 15.1 Å². The van der Waals surface area contributed by atoms with Crippen molar-refractivity contribution >= 4 is 142 Å². The fourth-order valence-electron chi connectivity index (χ4n) is 19.9. The summed E-state index contributed by atoms with van der Waals surface area (Å²) in [6.45, 7) is 13.6. The molecule has 0 aromatic heterocycles. The number of anilines is 8. The van der Waals surface area contributed by atoms with Crippen molar-refractivity contribution < 1.29 is 13.2 Å². The fourth-order valence-corrected chi connectivity index (χ4v) is 20.9. The van der Waals surface area contributed by atoms with Gasteiger partial charge in [0.15, 0.2) is 0 Å². The molecule has 20 aromatic rings. The van der Waals surface area contributed by atoms with Gasteiger partial charge in [-0.05, 0) is 216 Å². The van der Waals surface area contributed by atoms with E-state index in [1.54, 1.807) is 12.1 Å². The zero-order chi connectivity index (χ0) is 82.3. The predicted molar refractivity (Wildman–Crippen MR) is 510 cm³/mol. The number of hydrogen-bond donors (Lipinski definition) is 1. The van der Waals surface area contributed by atoms with Crippen molar-refractivity contribution in [3.8, 4) is 66.8 Å². The number of hydrogen-bond acceptors (Lipinski definition) is 3. The van der Waals surface area contributed by atoms with Crippen molar-refractivity contribution in [3.63, 3.8) is 0 Å². The average molecular weight is 1700 g/mol. The molecule has 0 fully saturated rings. The SMILES string of the molecule is Brc1ccc2ccc3c(Br)ccc4ccc1c2c43.CC1(C)c2ccccc2-c2c(N(c3cc(-c4ccccc4)ccc3F)c3ccc4ccc5c(N(c6cc(-c7ccccc7)ccc6F)c6cccc7c6-c6ccccc6C7(C)C)ccc6ccc3c4c65)cccc21.CC1(C)c2ccccc2-c2c(Nc3cc(-c4ccccc4)ccc3F)cccc21. The molecule has 0 bridgehead atoms. The highest BCUT2D eigenvalue weighted by Crippen LogP contribution is 2.60. The zero-order valence-electron chi connectivity index (χ0n) is 67.5. The Balaban J connectivity index is 0.000000155. The van der Waals surface area contributed by atoms with Crippen LogP contribution in [0.15, 0.2) is 379 Å². The van der Waals surface area contributed by atoms with E-state index < -0.39 is 0 Å². The van der Waals surface area contributed by atoms with Gasteiger partial charge >= 0.3 is 0 Å². The molecule has 20 aromatic carbocycles. The van der Waals surface area contributed by atoms with Crippen LogP contribution in [0.4, 0.5) is 58.7 Å². The van der Waals surface area contributed by atoms with Crippen LogP contribution in [0.2, 0.25) is 0 Å². The molecule has 0 spiro atoms. The minimum atomic E-state index is -0.323. The van der Waals surface area contributed by atoms with Gasteiger partial charge in [0.2, 0.25) is 0 Å². The monoisotopic (exact) mass is 1690 g/mol. The summed E-state index contributed by atoms with van der Waals surface area (Å²) in [6, 6.07) is 127. The van der Waals surface area contributed by atoms with Gasteiger partial charge in [0.1, 0.15) is 17.5 Å². The molecule has 0 amide bonds. The Labute approximate surface area is 719 Å². The van der Waals surface area contributed by atoms with Crippen molar-refractivity contribution in [2.45, 2.75) is 57.8 Å². The van der Waals surface area contributed by atoms with E-state index in [1.165, 1.54) is 77.3 Å². The second-order valence-corrected chi connectivity index (χ2v) is 35.4. The summed E-state index contributed by atoms with van der Waals surface area (Å²) in [6.07, 6.45) is 0. The van der Waals surface area contributed by atoms with E-state index >= 15 is 8.78 Å². The van der Waals surface area contributed by atoms with E-state index in [0.717, 1.165) is 131 Å². The summed E-state index contributed by atoms with van der Waals surface area (Å²) in [4.78, 5) is 4.32. The fraction of sp³-hybridized carbons (Fsp3) is 0.0796. The number of nitrogens with zero attached hydrogens (tertiary/aromatic N) is 2. The lowest BCUT2D eigenvalue weighted by Crippen LogP contribution is -2.17. The highest BCUT2D eigenvalue weighted by molar-refractivity contribution is 9.11. The highest BCUT2D eigenvalue weighted by Gasteiger charge is 2.42. The standard InChI is InChI=1S/C70H50F2N2.C27H22FN.C16H8Br2/c1-69(2)53-23-13-11-21-49(53)67-55(69)25-15-27-61(67)73(63-41-47(31-37-57(63)71)43-17-7-5-8-18-43)59-39-33-45-30-36-52-60(40-34-46-29-35-51(59)65(45)66(46)52)74(64-42-48(32-38-58(64)72)44-19-9-6-10-20-44)62-28-16-26-56-68(62)50-22-12-14-24-54(50)70(56,3)4;1-27(2)21-12-7-6-11-20(21)26-22(27)13-8-14-24(26)29-25-17-19(15-16-23(25)28)18-9-4-3-5-10-18;17-13-8-4-10-2-6-12-14(18)7-3-9-1-5-11(13)16(10)15(9)12/h5-42H,1-4H3;3-17,29H,1-2H3;1-8H. The lowest BCUT2D eigenvalue weighted by atomic mass is 9.82. The van der Waals surface area contributed by atoms with Gasteiger partial charge in [-0.1, -0.05) is 365 Å². The lowest BCUT2D eigenvalue weighted by molar-refractivity contribution is 0.628. The first-order valence-corrected chi connectivity index (χ1v) is 42.8. The molecular weight excluding hydrogens is 1620 g/mol. The maximum absolute atomic E-state index is 17.3. The predicted octanol–water partition coefficient (Wildman–Crippen LogP) is 33.4. The number of halogens is 5. The smallest absolute Gasteiger partial charge is 0.147 e. The molecule has 0 unspecified atom stereocenters. The first kappa shape index (κ1) is 75.1. The largest absolute Gasteiger partial charge is 0.353 e.